The second kappa shape index (κ2) is 8.72. The number of fused-ring (bicyclic) bond motifs is 1. The summed E-state index contributed by atoms with van der Waals surface area (Å²) in [5.41, 5.74) is 6.34. The van der Waals surface area contributed by atoms with Crippen LogP contribution in [-0.2, 0) is 13.0 Å². The average molecular weight is 418 g/mol. The Kier molecular flexibility index (Phi) is 5.86. The number of carbonyl (C=O) groups is 1. The van der Waals surface area contributed by atoms with Gasteiger partial charge in [0, 0.05) is 19.5 Å². The maximum absolute atomic E-state index is 12.5. The summed E-state index contributed by atoms with van der Waals surface area (Å²) >= 11 is 6.13. The molecule has 4 nitrogen and oxygen atoms in total. The number of nitrogens with zero attached hydrogens (tertiary/aromatic N) is 2. The number of hydrogen-bond donors (Lipinski definition) is 1. The summed E-state index contributed by atoms with van der Waals surface area (Å²) < 4.78 is 2.25. The van der Waals surface area contributed by atoms with Crippen LogP contribution in [0.25, 0.3) is 11.0 Å². The number of imidazole rings is 1. The van der Waals surface area contributed by atoms with Crippen molar-refractivity contribution in [3.63, 3.8) is 0 Å². The number of halogens is 1. The zero-order valence-corrected chi connectivity index (χ0v) is 17.9. The van der Waals surface area contributed by atoms with Crippen molar-refractivity contribution in [2.24, 2.45) is 0 Å². The van der Waals surface area contributed by atoms with Crippen molar-refractivity contribution in [3.05, 3.63) is 99.8 Å². The van der Waals surface area contributed by atoms with E-state index >= 15 is 0 Å². The predicted octanol–water partition coefficient (Wildman–Crippen LogP) is 5.33. The number of amides is 1. The molecule has 0 saturated heterocycles. The summed E-state index contributed by atoms with van der Waals surface area (Å²) in [5.74, 6) is 0.786. The lowest BCUT2D eigenvalue weighted by Gasteiger charge is -2.13. The number of hydrogen-bond acceptors (Lipinski definition) is 2. The van der Waals surface area contributed by atoms with Gasteiger partial charge in [-0.25, -0.2) is 4.98 Å². The summed E-state index contributed by atoms with van der Waals surface area (Å²) in [7, 11) is 0. The van der Waals surface area contributed by atoms with E-state index in [1.54, 1.807) is 12.1 Å². The highest BCUT2D eigenvalue weighted by molar-refractivity contribution is 6.33. The molecule has 0 saturated carbocycles. The summed E-state index contributed by atoms with van der Waals surface area (Å²) in [6.07, 6.45) is 0.635. The molecule has 0 aliphatic carbocycles. The lowest BCUT2D eigenvalue weighted by molar-refractivity contribution is 0.0954. The van der Waals surface area contributed by atoms with Crippen molar-refractivity contribution in [1.29, 1.82) is 0 Å². The van der Waals surface area contributed by atoms with Crippen LogP contribution in [-0.4, -0.2) is 22.0 Å². The van der Waals surface area contributed by atoms with Gasteiger partial charge in [-0.05, 0) is 49.2 Å². The Morgan fingerprint density at radius 1 is 1.03 bits per heavy atom. The fourth-order valence-corrected chi connectivity index (χ4v) is 3.88. The molecule has 0 atom stereocenters. The first kappa shape index (κ1) is 20.2. The molecule has 0 aliphatic rings. The van der Waals surface area contributed by atoms with Crippen molar-refractivity contribution in [3.8, 4) is 0 Å². The van der Waals surface area contributed by atoms with Crippen molar-refractivity contribution >= 4 is 28.5 Å². The first-order valence-corrected chi connectivity index (χ1v) is 10.4. The largest absolute Gasteiger partial charge is 0.352 e. The normalized spacial score (nSPS) is 11.0. The molecule has 0 spiro atoms. The average Bonchev–Trinajstić information content (AvgIpc) is 3.08. The molecular formula is C25H24ClN3O. The SMILES string of the molecule is Cc1ccc(C)c(Cn2c(CCNC(=O)c3ccccc3Cl)nc3ccccc32)c1. The Morgan fingerprint density at radius 2 is 1.80 bits per heavy atom. The van der Waals surface area contributed by atoms with E-state index in [0.29, 0.717) is 23.6 Å². The van der Waals surface area contributed by atoms with Crippen molar-refractivity contribution in [2.75, 3.05) is 6.54 Å². The second-order valence-electron chi connectivity index (χ2n) is 7.52. The first-order chi connectivity index (χ1) is 14.5. The van der Waals surface area contributed by atoms with Crippen molar-refractivity contribution < 1.29 is 4.79 Å². The van der Waals surface area contributed by atoms with E-state index in [-0.39, 0.29) is 5.91 Å². The van der Waals surface area contributed by atoms with Crippen LogP contribution in [0, 0.1) is 13.8 Å². The van der Waals surface area contributed by atoms with Gasteiger partial charge in [-0.2, -0.15) is 0 Å². The molecule has 1 amide bonds. The van der Waals surface area contributed by atoms with Gasteiger partial charge < -0.3 is 9.88 Å². The number of aryl methyl sites for hydroxylation is 2. The van der Waals surface area contributed by atoms with Gasteiger partial charge in [0.2, 0.25) is 0 Å². The molecule has 1 aromatic heterocycles. The Morgan fingerprint density at radius 3 is 2.63 bits per heavy atom. The van der Waals surface area contributed by atoms with Crippen LogP contribution in [0.2, 0.25) is 5.02 Å². The first-order valence-electron chi connectivity index (χ1n) is 10.1. The van der Waals surface area contributed by atoms with Gasteiger partial charge in [-0.3, -0.25) is 4.79 Å². The maximum Gasteiger partial charge on any atom is 0.252 e. The molecule has 0 radical (unpaired) electrons. The number of aromatic nitrogens is 2. The zero-order valence-electron chi connectivity index (χ0n) is 17.2. The fourth-order valence-electron chi connectivity index (χ4n) is 3.66. The molecular weight excluding hydrogens is 394 g/mol. The number of carbonyl (C=O) groups excluding carboxylic acids is 1. The van der Waals surface area contributed by atoms with Crippen LogP contribution in [0.5, 0.6) is 0 Å². The van der Waals surface area contributed by atoms with Gasteiger partial charge in [0.1, 0.15) is 5.82 Å². The molecule has 3 aromatic carbocycles. The molecule has 4 rings (SSSR count). The molecule has 152 valence electrons. The van der Waals surface area contributed by atoms with E-state index in [1.165, 1.54) is 16.7 Å². The van der Waals surface area contributed by atoms with Crippen LogP contribution >= 0.6 is 11.6 Å². The van der Waals surface area contributed by atoms with E-state index in [1.807, 2.05) is 30.3 Å². The minimum Gasteiger partial charge on any atom is -0.352 e. The minimum atomic E-state index is -0.169. The molecule has 5 heteroatoms. The lowest BCUT2D eigenvalue weighted by Crippen LogP contribution is -2.26. The summed E-state index contributed by atoms with van der Waals surface area (Å²) in [6, 6.07) is 21.8. The van der Waals surface area contributed by atoms with Gasteiger partial charge in [-0.15, -0.1) is 0 Å². The molecule has 0 fully saturated rings. The van der Waals surface area contributed by atoms with Crippen molar-refractivity contribution in [1.82, 2.24) is 14.9 Å². The van der Waals surface area contributed by atoms with E-state index in [4.69, 9.17) is 16.6 Å². The molecule has 0 bridgehead atoms. The molecule has 0 aliphatic heterocycles. The summed E-state index contributed by atoms with van der Waals surface area (Å²) in [6.45, 7) is 5.49. The van der Waals surface area contributed by atoms with E-state index in [0.717, 1.165) is 23.4 Å². The smallest absolute Gasteiger partial charge is 0.252 e. The standard InChI is InChI=1S/C25H24ClN3O/c1-17-11-12-18(2)19(15-17)16-29-23-10-6-5-9-22(23)28-24(29)13-14-27-25(30)20-7-3-4-8-21(20)26/h3-12,15H,13-14,16H2,1-2H3,(H,27,30). The maximum atomic E-state index is 12.5. The number of para-hydroxylation sites is 2. The number of benzene rings is 3. The Balaban J connectivity index is 1.56. The Hall–Kier alpha value is -3.11. The van der Waals surface area contributed by atoms with E-state index in [9.17, 15) is 4.79 Å². The van der Waals surface area contributed by atoms with Crippen LogP contribution in [0.15, 0.2) is 66.7 Å². The lowest BCUT2D eigenvalue weighted by atomic mass is 10.1. The fraction of sp³-hybridized carbons (Fsp3) is 0.200. The highest BCUT2D eigenvalue weighted by atomic mass is 35.5. The van der Waals surface area contributed by atoms with E-state index in [2.05, 4.69) is 48.0 Å². The number of nitrogens with one attached hydrogen (secondary N) is 1. The van der Waals surface area contributed by atoms with Gasteiger partial charge in [-0.1, -0.05) is 59.6 Å². The van der Waals surface area contributed by atoms with Crippen LogP contribution in [0.4, 0.5) is 0 Å². The summed E-state index contributed by atoms with van der Waals surface area (Å²) in [5, 5.41) is 3.42. The van der Waals surface area contributed by atoms with Crippen LogP contribution in [0.3, 0.4) is 0 Å². The molecule has 1 N–H and O–H groups in total. The molecule has 4 aromatic rings. The van der Waals surface area contributed by atoms with Crippen LogP contribution in [0.1, 0.15) is 32.9 Å². The molecule has 30 heavy (non-hydrogen) atoms. The molecule has 1 heterocycles. The number of rotatable bonds is 6. The monoisotopic (exact) mass is 417 g/mol. The predicted molar refractivity (Wildman–Crippen MR) is 122 cm³/mol. The van der Waals surface area contributed by atoms with Crippen LogP contribution < -0.4 is 5.32 Å². The van der Waals surface area contributed by atoms with Gasteiger partial charge in [0.25, 0.3) is 5.91 Å². The third-order valence-electron chi connectivity index (χ3n) is 5.32. The topological polar surface area (TPSA) is 46.9 Å². The third kappa shape index (κ3) is 4.24. The Bertz CT molecular complexity index is 1210. The van der Waals surface area contributed by atoms with Gasteiger partial charge in [0.05, 0.1) is 21.6 Å². The highest BCUT2D eigenvalue weighted by Gasteiger charge is 2.14. The molecule has 0 unspecified atom stereocenters. The minimum absolute atomic E-state index is 0.169. The Labute approximate surface area is 181 Å². The van der Waals surface area contributed by atoms with Crippen molar-refractivity contribution in [2.45, 2.75) is 26.8 Å². The van der Waals surface area contributed by atoms with Gasteiger partial charge in [0.15, 0.2) is 0 Å². The van der Waals surface area contributed by atoms with Gasteiger partial charge >= 0.3 is 0 Å². The van der Waals surface area contributed by atoms with E-state index < -0.39 is 0 Å². The zero-order chi connectivity index (χ0) is 21.1. The second-order valence-corrected chi connectivity index (χ2v) is 7.93. The highest BCUT2D eigenvalue weighted by Crippen LogP contribution is 2.21. The third-order valence-corrected chi connectivity index (χ3v) is 5.65. The quantitative estimate of drug-likeness (QED) is 0.461. The summed E-state index contributed by atoms with van der Waals surface area (Å²) in [4.78, 5) is 17.3.